The zero-order valence-corrected chi connectivity index (χ0v) is 12.0. The van der Waals surface area contributed by atoms with Crippen molar-refractivity contribution in [2.24, 2.45) is 5.92 Å². The number of hydrogen-bond acceptors (Lipinski definition) is 4. The summed E-state index contributed by atoms with van der Waals surface area (Å²) in [5.74, 6) is 2.64. The molecular weight excluding hydrogens is 240 g/mol. The molecule has 1 fully saturated rings. The molecule has 1 aliphatic carbocycles. The van der Waals surface area contributed by atoms with Gasteiger partial charge in [0.2, 0.25) is 5.89 Å². The fourth-order valence-corrected chi connectivity index (χ4v) is 2.75. The number of rotatable bonds is 7. The molecule has 0 amide bonds. The van der Waals surface area contributed by atoms with Gasteiger partial charge in [-0.15, -0.1) is 0 Å². The van der Waals surface area contributed by atoms with Crippen LogP contribution < -0.4 is 5.32 Å². The van der Waals surface area contributed by atoms with Crippen molar-refractivity contribution in [3.8, 4) is 0 Å². The van der Waals surface area contributed by atoms with Crippen molar-refractivity contribution < 1.29 is 9.15 Å². The molecule has 0 unspecified atom stereocenters. The van der Waals surface area contributed by atoms with Gasteiger partial charge >= 0.3 is 0 Å². The van der Waals surface area contributed by atoms with E-state index in [9.17, 15) is 0 Å². The molecular formula is C15H26N2O2. The molecule has 19 heavy (non-hydrogen) atoms. The van der Waals surface area contributed by atoms with Crippen LogP contribution in [0.15, 0.2) is 10.6 Å². The number of nitrogens with one attached hydrogen (secondary N) is 1. The van der Waals surface area contributed by atoms with Gasteiger partial charge in [-0.25, -0.2) is 4.98 Å². The van der Waals surface area contributed by atoms with Crippen LogP contribution in [0.3, 0.4) is 0 Å². The molecule has 1 aromatic rings. The molecule has 0 saturated heterocycles. The van der Waals surface area contributed by atoms with E-state index in [1.807, 2.05) is 6.20 Å². The molecule has 0 atom stereocenters. The molecule has 4 nitrogen and oxygen atoms in total. The van der Waals surface area contributed by atoms with Crippen molar-refractivity contribution in [1.82, 2.24) is 10.3 Å². The Morgan fingerprint density at radius 2 is 2.11 bits per heavy atom. The van der Waals surface area contributed by atoms with E-state index in [-0.39, 0.29) is 0 Å². The Hall–Kier alpha value is -0.870. The third-order valence-corrected chi connectivity index (χ3v) is 3.83. The number of hydrogen-bond donors (Lipinski definition) is 1. The van der Waals surface area contributed by atoms with Gasteiger partial charge in [-0.3, -0.25) is 0 Å². The quantitative estimate of drug-likeness (QED) is 0.609. The third-order valence-electron chi connectivity index (χ3n) is 3.83. The molecule has 1 aromatic heterocycles. The average molecular weight is 266 g/mol. The second-order valence-electron chi connectivity index (χ2n) is 5.45. The van der Waals surface area contributed by atoms with Gasteiger partial charge in [-0.1, -0.05) is 38.5 Å². The van der Waals surface area contributed by atoms with E-state index in [1.165, 1.54) is 38.5 Å². The third kappa shape index (κ3) is 5.33. The Morgan fingerprint density at radius 1 is 1.32 bits per heavy atom. The Kier molecular flexibility index (Phi) is 6.37. The molecule has 1 saturated carbocycles. The average Bonchev–Trinajstić information content (AvgIpc) is 2.69. The molecule has 0 aromatic carbocycles. The highest BCUT2D eigenvalue weighted by Gasteiger charge is 2.15. The highest BCUT2D eigenvalue weighted by Crippen LogP contribution is 2.26. The lowest BCUT2D eigenvalue weighted by Gasteiger charge is -2.11. The first-order valence-corrected chi connectivity index (χ1v) is 7.51. The van der Waals surface area contributed by atoms with Crippen molar-refractivity contribution >= 4 is 0 Å². The van der Waals surface area contributed by atoms with Gasteiger partial charge < -0.3 is 14.5 Å². The molecule has 108 valence electrons. The predicted molar refractivity (Wildman–Crippen MR) is 75.0 cm³/mol. The van der Waals surface area contributed by atoms with Crippen LogP contribution >= 0.6 is 0 Å². The lowest BCUT2D eigenvalue weighted by Crippen LogP contribution is -2.18. The van der Waals surface area contributed by atoms with Crippen LogP contribution in [-0.2, 0) is 17.7 Å². The maximum absolute atomic E-state index is 5.79. The first-order valence-electron chi connectivity index (χ1n) is 7.51. The summed E-state index contributed by atoms with van der Waals surface area (Å²) in [5.41, 5.74) is 0. The number of aromatic nitrogens is 1. The minimum absolute atomic E-state index is 0.689. The Morgan fingerprint density at radius 3 is 2.84 bits per heavy atom. The summed E-state index contributed by atoms with van der Waals surface area (Å²) in [7, 11) is 1.71. The largest absolute Gasteiger partial charge is 0.444 e. The summed E-state index contributed by atoms with van der Waals surface area (Å²) in [6, 6.07) is 0. The summed E-state index contributed by atoms with van der Waals surface area (Å²) in [6.07, 6.45) is 11.2. The van der Waals surface area contributed by atoms with E-state index in [0.29, 0.717) is 6.54 Å². The summed E-state index contributed by atoms with van der Waals surface area (Å²) in [6.45, 7) is 2.24. The lowest BCUT2D eigenvalue weighted by atomic mass is 9.96. The van der Waals surface area contributed by atoms with Gasteiger partial charge in [0, 0.05) is 20.1 Å². The van der Waals surface area contributed by atoms with E-state index in [0.717, 1.165) is 37.1 Å². The normalized spacial score (nSPS) is 17.5. The van der Waals surface area contributed by atoms with E-state index < -0.39 is 0 Å². The second kappa shape index (κ2) is 8.33. The van der Waals surface area contributed by atoms with Crippen LogP contribution in [0.2, 0.25) is 0 Å². The molecule has 2 rings (SSSR count). The first-order chi connectivity index (χ1) is 9.38. The van der Waals surface area contributed by atoms with Crippen molar-refractivity contribution in [3.05, 3.63) is 17.8 Å². The van der Waals surface area contributed by atoms with Crippen molar-refractivity contribution in [1.29, 1.82) is 0 Å². The summed E-state index contributed by atoms with van der Waals surface area (Å²) in [5, 5.41) is 3.25. The van der Waals surface area contributed by atoms with E-state index in [4.69, 9.17) is 9.15 Å². The fourth-order valence-electron chi connectivity index (χ4n) is 2.75. The minimum atomic E-state index is 0.689. The van der Waals surface area contributed by atoms with E-state index >= 15 is 0 Å². The monoisotopic (exact) mass is 266 g/mol. The van der Waals surface area contributed by atoms with E-state index in [1.54, 1.807) is 7.11 Å². The Labute approximate surface area is 115 Å². The van der Waals surface area contributed by atoms with Crippen LogP contribution in [0, 0.1) is 5.92 Å². The standard InChI is InChI=1S/C15H26N2O2/c1-18-9-8-16-12-15-17-11-14(19-15)10-13-6-4-2-3-5-7-13/h11,13,16H,2-10,12H2,1H3. The summed E-state index contributed by atoms with van der Waals surface area (Å²) in [4.78, 5) is 4.33. The van der Waals surface area contributed by atoms with Gasteiger partial charge in [0.1, 0.15) is 5.76 Å². The van der Waals surface area contributed by atoms with Crippen LogP contribution in [0.1, 0.15) is 50.2 Å². The van der Waals surface area contributed by atoms with Crippen molar-refractivity contribution in [3.63, 3.8) is 0 Å². The minimum Gasteiger partial charge on any atom is -0.444 e. The van der Waals surface area contributed by atoms with Crippen LogP contribution in [0.4, 0.5) is 0 Å². The number of methoxy groups -OCH3 is 1. The second-order valence-corrected chi connectivity index (χ2v) is 5.45. The molecule has 0 radical (unpaired) electrons. The van der Waals surface area contributed by atoms with Gasteiger partial charge in [0.25, 0.3) is 0 Å². The van der Waals surface area contributed by atoms with Crippen LogP contribution in [-0.4, -0.2) is 25.2 Å². The predicted octanol–water partition coefficient (Wildman–Crippen LogP) is 2.92. The zero-order valence-electron chi connectivity index (χ0n) is 12.0. The maximum Gasteiger partial charge on any atom is 0.208 e. The molecule has 1 aliphatic rings. The topological polar surface area (TPSA) is 47.3 Å². The summed E-state index contributed by atoms with van der Waals surface area (Å²) >= 11 is 0. The molecule has 0 spiro atoms. The zero-order chi connectivity index (χ0) is 13.3. The highest BCUT2D eigenvalue weighted by atomic mass is 16.5. The highest BCUT2D eigenvalue weighted by molar-refractivity contribution is 4.96. The van der Waals surface area contributed by atoms with Crippen molar-refractivity contribution in [2.75, 3.05) is 20.3 Å². The summed E-state index contributed by atoms with van der Waals surface area (Å²) < 4.78 is 10.8. The number of nitrogens with zero attached hydrogens (tertiary/aromatic N) is 1. The van der Waals surface area contributed by atoms with Crippen molar-refractivity contribution in [2.45, 2.75) is 51.5 Å². The van der Waals surface area contributed by atoms with E-state index in [2.05, 4.69) is 10.3 Å². The van der Waals surface area contributed by atoms with Crippen LogP contribution in [0.5, 0.6) is 0 Å². The first kappa shape index (κ1) is 14.5. The van der Waals surface area contributed by atoms with Gasteiger partial charge in [0.05, 0.1) is 19.3 Å². The van der Waals surface area contributed by atoms with Gasteiger partial charge in [-0.05, 0) is 5.92 Å². The molecule has 0 aliphatic heterocycles. The SMILES string of the molecule is COCCNCc1ncc(CC2CCCCCC2)o1. The lowest BCUT2D eigenvalue weighted by molar-refractivity contribution is 0.198. The number of ether oxygens (including phenoxy) is 1. The molecule has 1 N–H and O–H groups in total. The van der Waals surface area contributed by atoms with Crippen LogP contribution in [0.25, 0.3) is 0 Å². The van der Waals surface area contributed by atoms with Gasteiger partial charge in [0.15, 0.2) is 0 Å². The molecule has 1 heterocycles. The Bertz CT molecular complexity index is 344. The molecule has 0 bridgehead atoms. The fraction of sp³-hybridized carbons (Fsp3) is 0.800. The Balaban J connectivity index is 1.73. The number of oxazole rings is 1. The molecule has 4 heteroatoms. The smallest absolute Gasteiger partial charge is 0.208 e. The maximum atomic E-state index is 5.79. The van der Waals surface area contributed by atoms with Gasteiger partial charge in [-0.2, -0.15) is 0 Å².